The number of carbonyl (C=O) groups excluding carboxylic acids is 1. The monoisotopic (exact) mass is 225 g/mol. The lowest BCUT2D eigenvalue weighted by Crippen LogP contribution is -2.44. The van der Waals surface area contributed by atoms with Gasteiger partial charge >= 0.3 is 0 Å². The first-order chi connectivity index (χ1) is 7.72. The Bertz CT molecular complexity index is 251. The number of hydrogen-bond acceptors (Lipinski definition) is 3. The highest BCUT2D eigenvalue weighted by Crippen LogP contribution is 2.23. The number of hydrogen-bond donors (Lipinski definition) is 1. The summed E-state index contributed by atoms with van der Waals surface area (Å²) in [5, 5.41) is 0. The molecule has 0 radical (unpaired) electrons. The third-order valence-electron chi connectivity index (χ3n) is 4.04. The van der Waals surface area contributed by atoms with Gasteiger partial charge < -0.3 is 10.6 Å². The van der Waals surface area contributed by atoms with Crippen molar-refractivity contribution in [2.24, 2.45) is 11.7 Å². The average molecular weight is 225 g/mol. The Hall–Kier alpha value is -0.610. The van der Waals surface area contributed by atoms with Crippen LogP contribution in [0.4, 0.5) is 0 Å². The summed E-state index contributed by atoms with van der Waals surface area (Å²) in [5.41, 5.74) is 5.78. The van der Waals surface area contributed by atoms with Gasteiger partial charge in [0.05, 0.1) is 6.54 Å². The van der Waals surface area contributed by atoms with E-state index in [1.165, 1.54) is 19.3 Å². The zero-order valence-corrected chi connectivity index (χ0v) is 10.2. The Kier molecular flexibility index (Phi) is 3.82. The van der Waals surface area contributed by atoms with Gasteiger partial charge in [-0.05, 0) is 31.7 Å². The lowest BCUT2D eigenvalue weighted by molar-refractivity contribution is -0.131. The molecule has 1 amide bonds. The van der Waals surface area contributed by atoms with Crippen molar-refractivity contribution in [1.82, 2.24) is 9.80 Å². The second-order valence-corrected chi connectivity index (χ2v) is 5.13. The predicted molar refractivity (Wildman–Crippen MR) is 64.0 cm³/mol. The van der Waals surface area contributed by atoms with Gasteiger partial charge in [-0.2, -0.15) is 0 Å². The molecule has 0 aromatic rings. The van der Waals surface area contributed by atoms with Gasteiger partial charge in [-0.25, -0.2) is 0 Å². The maximum Gasteiger partial charge on any atom is 0.236 e. The Balaban J connectivity index is 1.86. The molecule has 2 saturated heterocycles. The summed E-state index contributed by atoms with van der Waals surface area (Å²) in [7, 11) is 0. The molecule has 0 saturated carbocycles. The molecule has 16 heavy (non-hydrogen) atoms. The summed E-state index contributed by atoms with van der Waals surface area (Å²) < 4.78 is 0. The smallest absolute Gasteiger partial charge is 0.236 e. The number of carbonyl (C=O) groups is 1. The van der Waals surface area contributed by atoms with Crippen LogP contribution in [0.3, 0.4) is 0 Å². The average Bonchev–Trinajstić information content (AvgIpc) is 2.88. The minimum atomic E-state index is 0.296. The van der Waals surface area contributed by atoms with Crippen LogP contribution in [-0.2, 0) is 4.79 Å². The van der Waals surface area contributed by atoms with Crippen LogP contribution in [0.25, 0.3) is 0 Å². The SMILES string of the molecule is CC1CCN(CC(=O)N2CCCC2)C1CN. The predicted octanol–water partition coefficient (Wildman–Crippen LogP) is 0.278. The van der Waals surface area contributed by atoms with E-state index in [-0.39, 0.29) is 0 Å². The van der Waals surface area contributed by atoms with Crippen LogP contribution in [0.15, 0.2) is 0 Å². The topological polar surface area (TPSA) is 49.6 Å². The molecule has 4 nitrogen and oxygen atoms in total. The van der Waals surface area contributed by atoms with E-state index in [4.69, 9.17) is 5.73 Å². The van der Waals surface area contributed by atoms with Crippen molar-refractivity contribution in [3.05, 3.63) is 0 Å². The lowest BCUT2D eigenvalue weighted by atomic mass is 10.0. The highest BCUT2D eigenvalue weighted by atomic mass is 16.2. The second-order valence-electron chi connectivity index (χ2n) is 5.13. The van der Waals surface area contributed by atoms with Crippen molar-refractivity contribution >= 4 is 5.91 Å². The lowest BCUT2D eigenvalue weighted by Gasteiger charge is -2.27. The highest BCUT2D eigenvalue weighted by molar-refractivity contribution is 5.78. The Morgan fingerprint density at radius 1 is 1.31 bits per heavy atom. The fourth-order valence-corrected chi connectivity index (χ4v) is 2.91. The van der Waals surface area contributed by atoms with E-state index in [0.29, 0.717) is 31.0 Å². The first-order valence-electron chi connectivity index (χ1n) is 6.44. The van der Waals surface area contributed by atoms with Crippen LogP contribution >= 0.6 is 0 Å². The maximum atomic E-state index is 12.0. The van der Waals surface area contributed by atoms with Crippen LogP contribution < -0.4 is 5.73 Å². The third-order valence-corrected chi connectivity index (χ3v) is 4.04. The van der Waals surface area contributed by atoms with Crippen LogP contribution in [0.2, 0.25) is 0 Å². The van der Waals surface area contributed by atoms with Crippen molar-refractivity contribution in [1.29, 1.82) is 0 Å². The first-order valence-corrected chi connectivity index (χ1v) is 6.44. The van der Waals surface area contributed by atoms with Gasteiger partial charge in [-0.1, -0.05) is 6.92 Å². The fraction of sp³-hybridized carbons (Fsp3) is 0.917. The molecule has 2 aliphatic rings. The van der Waals surface area contributed by atoms with E-state index in [2.05, 4.69) is 11.8 Å². The molecule has 0 aromatic carbocycles. The fourth-order valence-electron chi connectivity index (χ4n) is 2.91. The molecule has 0 bridgehead atoms. The zero-order valence-electron chi connectivity index (χ0n) is 10.2. The summed E-state index contributed by atoms with van der Waals surface area (Å²) in [6, 6.07) is 0.409. The van der Waals surface area contributed by atoms with Crippen molar-refractivity contribution in [3.8, 4) is 0 Å². The molecule has 2 aliphatic heterocycles. The van der Waals surface area contributed by atoms with Gasteiger partial charge in [-0.15, -0.1) is 0 Å². The molecular weight excluding hydrogens is 202 g/mol. The number of nitrogens with zero attached hydrogens (tertiary/aromatic N) is 2. The molecule has 2 heterocycles. The van der Waals surface area contributed by atoms with Gasteiger partial charge in [-0.3, -0.25) is 9.69 Å². The number of rotatable bonds is 3. The van der Waals surface area contributed by atoms with Crippen LogP contribution in [0.5, 0.6) is 0 Å². The maximum absolute atomic E-state index is 12.0. The van der Waals surface area contributed by atoms with Crippen LogP contribution in [0.1, 0.15) is 26.2 Å². The van der Waals surface area contributed by atoms with Crippen molar-refractivity contribution in [2.75, 3.05) is 32.7 Å². The summed E-state index contributed by atoms with van der Waals surface area (Å²) >= 11 is 0. The number of amides is 1. The number of nitrogens with two attached hydrogens (primary N) is 1. The van der Waals surface area contributed by atoms with Gasteiger partial charge in [0.2, 0.25) is 5.91 Å². The van der Waals surface area contributed by atoms with E-state index >= 15 is 0 Å². The van der Waals surface area contributed by atoms with Gasteiger partial charge in [0.15, 0.2) is 0 Å². The van der Waals surface area contributed by atoms with E-state index in [1.54, 1.807) is 0 Å². The molecule has 2 atom stereocenters. The molecule has 2 N–H and O–H groups in total. The van der Waals surface area contributed by atoms with Crippen LogP contribution in [-0.4, -0.2) is 54.5 Å². The molecule has 4 heteroatoms. The molecule has 0 aliphatic carbocycles. The molecule has 2 fully saturated rings. The van der Waals surface area contributed by atoms with Crippen molar-refractivity contribution < 1.29 is 4.79 Å². The van der Waals surface area contributed by atoms with E-state index in [0.717, 1.165) is 19.6 Å². The molecule has 2 unspecified atom stereocenters. The minimum Gasteiger partial charge on any atom is -0.342 e. The summed E-state index contributed by atoms with van der Waals surface area (Å²) in [4.78, 5) is 16.3. The quantitative estimate of drug-likeness (QED) is 0.750. The van der Waals surface area contributed by atoms with E-state index < -0.39 is 0 Å². The molecule has 0 aromatic heterocycles. The second kappa shape index (κ2) is 5.15. The minimum absolute atomic E-state index is 0.296. The number of likely N-dealkylation sites (tertiary alicyclic amines) is 2. The highest BCUT2D eigenvalue weighted by Gasteiger charge is 2.32. The van der Waals surface area contributed by atoms with Crippen molar-refractivity contribution in [3.63, 3.8) is 0 Å². The standard InChI is InChI=1S/C12H23N3O/c1-10-4-7-15(11(10)8-13)9-12(16)14-5-2-3-6-14/h10-11H,2-9,13H2,1H3. The summed E-state index contributed by atoms with van der Waals surface area (Å²) in [6.45, 7) is 6.42. The normalized spacial score (nSPS) is 31.2. The molecular formula is C12H23N3O. The van der Waals surface area contributed by atoms with Crippen LogP contribution in [0, 0.1) is 5.92 Å². The zero-order chi connectivity index (χ0) is 11.5. The van der Waals surface area contributed by atoms with Gasteiger partial charge in [0.1, 0.15) is 0 Å². The molecule has 0 spiro atoms. The van der Waals surface area contributed by atoms with E-state index in [9.17, 15) is 4.79 Å². The Labute approximate surface area is 97.8 Å². The molecule has 2 rings (SSSR count). The summed E-state index contributed by atoms with van der Waals surface area (Å²) in [6.07, 6.45) is 3.51. The van der Waals surface area contributed by atoms with Gasteiger partial charge in [0.25, 0.3) is 0 Å². The van der Waals surface area contributed by atoms with E-state index in [1.807, 2.05) is 4.90 Å². The Morgan fingerprint density at radius 3 is 2.62 bits per heavy atom. The largest absolute Gasteiger partial charge is 0.342 e. The summed E-state index contributed by atoms with van der Waals surface area (Å²) in [5.74, 6) is 0.932. The molecule has 92 valence electrons. The van der Waals surface area contributed by atoms with Gasteiger partial charge in [0, 0.05) is 25.7 Å². The third kappa shape index (κ3) is 2.38. The first kappa shape index (κ1) is 11.9. The Morgan fingerprint density at radius 2 is 2.00 bits per heavy atom. The van der Waals surface area contributed by atoms with Crippen molar-refractivity contribution in [2.45, 2.75) is 32.2 Å².